The van der Waals surface area contributed by atoms with Crippen LogP contribution in [0.15, 0.2) is 78.5 Å². The van der Waals surface area contributed by atoms with Gasteiger partial charge >= 0.3 is 0 Å². The third kappa shape index (κ3) is 3.53. The SMILES string of the molecule is C1=CSC(CN2[C@@H]3CC[C@H]2CC(N2c4ccccc4Oc4cc(-c5cccnc5)ccc42)C3)C1. The van der Waals surface area contributed by atoms with Crippen molar-refractivity contribution in [3.63, 3.8) is 0 Å². The molecule has 2 fully saturated rings. The molecule has 7 rings (SSSR count). The number of piperidine rings is 1. The van der Waals surface area contributed by atoms with E-state index in [-0.39, 0.29) is 0 Å². The van der Waals surface area contributed by atoms with E-state index < -0.39 is 0 Å². The summed E-state index contributed by atoms with van der Waals surface area (Å²) in [6, 6.07) is 21.2. The van der Waals surface area contributed by atoms with E-state index in [0.29, 0.717) is 18.1 Å². The molecule has 3 aromatic rings. The highest BCUT2D eigenvalue weighted by Crippen LogP contribution is 2.51. The summed E-state index contributed by atoms with van der Waals surface area (Å²) in [6.07, 6.45) is 12.4. The summed E-state index contributed by atoms with van der Waals surface area (Å²) in [4.78, 5) is 9.74. The monoisotopic (exact) mass is 467 g/mol. The van der Waals surface area contributed by atoms with E-state index in [9.17, 15) is 0 Å². The Balaban J connectivity index is 1.21. The van der Waals surface area contributed by atoms with Crippen molar-refractivity contribution in [3.8, 4) is 22.6 Å². The highest BCUT2D eigenvalue weighted by molar-refractivity contribution is 8.03. The zero-order chi connectivity index (χ0) is 22.5. The number of pyridine rings is 1. The second kappa shape index (κ2) is 8.47. The van der Waals surface area contributed by atoms with Gasteiger partial charge in [0.2, 0.25) is 0 Å². The summed E-state index contributed by atoms with van der Waals surface area (Å²) >= 11 is 2.02. The van der Waals surface area contributed by atoms with E-state index in [1.807, 2.05) is 30.2 Å². The molecule has 4 atom stereocenters. The molecule has 2 saturated heterocycles. The summed E-state index contributed by atoms with van der Waals surface area (Å²) in [6.45, 7) is 1.24. The van der Waals surface area contributed by atoms with Crippen LogP contribution in [0.1, 0.15) is 32.1 Å². The Kier molecular flexibility index (Phi) is 5.13. The number of hydrogen-bond donors (Lipinski definition) is 0. The van der Waals surface area contributed by atoms with Crippen LogP contribution in [0.25, 0.3) is 11.1 Å². The van der Waals surface area contributed by atoms with E-state index in [0.717, 1.165) is 27.9 Å². The number of para-hydroxylation sites is 2. The lowest BCUT2D eigenvalue weighted by Gasteiger charge is -2.46. The standard InChI is InChI=1S/C29H29N3OS/c1-2-8-28-26(7-1)32(27-12-9-20(15-29(27)33-28)21-5-3-13-30-18-21)24-16-22-10-11-23(17-24)31(22)19-25-6-4-14-34-25/h1-5,7-9,12-15,18,22-25H,6,10-11,16-17,19H2/t22-,23+,24?,25?. The summed E-state index contributed by atoms with van der Waals surface area (Å²) in [5.41, 5.74) is 4.66. The highest BCUT2D eigenvalue weighted by Gasteiger charge is 2.44. The first kappa shape index (κ1) is 20.6. The molecule has 172 valence electrons. The van der Waals surface area contributed by atoms with Gasteiger partial charge in [-0.05, 0) is 73.4 Å². The van der Waals surface area contributed by atoms with Crippen LogP contribution < -0.4 is 9.64 Å². The third-order valence-electron chi connectivity index (χ3n) is 7.96. The number of benzene rings is 2. The molecule has 5 heterocycles. The number of ether oxygens (including phenoxy) is 1. The number of anilines is 2. The molecule has 0 saturated carbocycles. The fourth-order valence-corrected chi connectivity index (χ4v) is 7.35. The van der Waals surface area contributed by atoms with E-state index in [4.69, 9.17) is 4.74 Å². The molecule has 0 amide bonds. The van der Waals surface area contributed by atoms with Gasteiger partial charge in [0.05, 0.1) is 11.4 Å². The van der Waals surface area contributed by atoms with Gasteiger partial charge in [-0.2, -0.15) is 0 Å². The predicted molar refractivity (Wildman–Crippen MR) is 140 cm³/mol. The van der Waals surface area contributed by atoms with Crippen molar-refractivity contribution in [1.82, 2.24) is 9.88 Å². The minimum absolute atomic E-state index is 0.496. The van der Waals surface area contributed by atoms with Crippen LogP contribution in [0, 0.1) is 0 Å². The van der Waals surface area contributed by atoms with Crippen LogP contribution >= 0.6 is 11.8 Å². The van der Waals surface area contributed by atoms with Gasteiger partial charge in [-0.3, -0.25) is 9.88 Å². The maximum absolute atomic E-state index is 6.46. The summed E-state index contributed by atoms with van der Waals surface area (Å²) in [5, 5.41) is 3.04. The molecule has 0 radical (unpaired) electrons. The van der Waals surface area contributed by atoms with Crippen LogP contribution in [-0.4, -0.2) is 39.8 Å². The topological polar surface area (TPSA) is 28.6 Å². The number of allylic oxidation sites excluding steroid dienone is 1. The van der Waals surface area contributed by atoms with Crippen molar-refractivity contribution < 1.29 is 4.74 Å². The lowest BCUT2D eigenvalue weighted by atomic mass is 9.93. The minimum Gasteiger partial charge on any atom is -0.453 e. The lowest BCUT2D eigenvalue weighted by Crippen LogP contribution is -2.51. The van der Waals surface area contributed by atoms with Crippen LogP contribution in [0.5, 0.6) is 11.5 Å². The summed E-state index contributed by atoms with van der Waals surface area (Å²) < 4.78 is 6.46. The Morgan fingerprint density at radius 3 is 2.53 bits per heavy atom. The van der Waals surface area contributed by atoms with Crippen molar-refractivity contribution in [2.24, 2.45) is 0 Å². The van der Waals surface area contributed by atoms with Gasteiger partial charge in [-0.25, -0.2) is 0 Å². The number of thioether (sulfide) groups is 1. The average molecular weight is 468 g/mol. The second-order valence-electron chi connectivity index (χ2n) is 9.94. The fraction of sp³-hybridized carbons (Fsp3) is 0.345. The van der Waals surface area contributed by atoms with Crippen LogP contribution in [0.2, 0.25) is 0 Å². The molecule has 34 heavy (non-hydrogen) atoms. The molecule has 0 spiro atoms. The number of aromatic nitrogens is 1. The van der Waals surface area contributed by atoms with Crippen LogP contribution in [0.3, 0.4) is 0 Å². The first-order chi connectivity index (χ1) is 16.8. The third-order valence-corrected chi connectivity index (χ3v) is 9.04. The van der Waals surface area contributed by atoms with Gasteiger partial charge in [0.1, 0.15) is 0 Å². The fourth-order valence-electron chi connectivity index (χ4n) is 6.43. The maximum Gasteiger partial charge on any atom is 0.151 e. The van der Waals surface area contributed by atoms with E-state index in [1.54, 1.807) is 0 Å². The first-order valence-corrected chi connectivity index (χ1v) is 13.4. The van der Waals surface area contributed by atoms with E-state index >= 15 is 0 Å². The van der Waals surface area contributed by atoms with Crippen molar-refractivity contribution >= 4 is 23.1 Å². The Morgan fingerprint density at radius 1 is 0.882 bits per heavy atom. The van der Waals surface area contributed by atoms with Gasteiger partial charge in [0.25, 0.3) is 0 Å². The Labute approximate surface area is 205 Å². The predicted octanol–water partition coefficient (Wildman–Crippen LogP) is 7.01. The van der Waals surface area contributed by atoms with E-state index in [2.05, 4.69) is 74.8 Å². The molecule has 2 aromatic carbocycles. The molecule has 4 aliphatic heterocycles. The summed E-state index contributed by atoms with van der Waals surface area (Å²) in [7, 11) is 0. The van der Waals surface area contributed by atoms with Crippen molar-refractivity contribution in [3.05, 3.63) is 78.5 Å². The van der Waals surface area contributed by atoms with E-state index in [1.165, 1.54) is 50.0 Å². The van der Waals surface area contributed by atoms with Gasteiger partial charge in [-0.15, -0.1) is 11.8 Å². The van der Waals surface area contributed by atoms with Gasteiger partial charge < -0.3 is 9.64 Å². The summed E-state index contributed by atoms with van der Waals surface area (Å²) in [5.74, 6) is 1.91. The maximum atomic E-state index is 6.46. The molecular formula is C29H29N3OS. The van der Waals surface area contributed by atoms with Crippen molar-refractivity contribution in [2.75, 3.05) is 11.4 Å². The number of fused-ring (bicyclic) bond motifs is 4. The quantitative estimate of drug-likeness (QED) is 0.412. The molecular weight excluding hydrogens is 438 g/mol. The van der Waals surface area contributed by atoms with Crippen LogP contribution in [-0.2, 0) is 0 Å². The van der Waals surface area contributed by atoms with Gasteiger partial charge in [0.15, 0.2) is 11.5 Å². The second-order valence-corrected chi connectivity index (χ2v) is 11.1. The normalized spacial score (nSPS) is 27.4. The Bertz CT molecular complexity index is 1210. The molecule has 2 unspecified atom stereocenters. The number of rotatable bonds is 4. The number of hydrogen-bond acceptors (Lipinski definition) is 5. The zero-order valence-corrected chi connectivity index (χ0v) is 20.0. The largest absolute Gasteiger partial charge is 0.453 e. The smallest absolute Gasteiger partial charge is 0.151 e. The van der Waals surface area contributed by atoms with Crippen molar-refractivity contribution in [1.29, 1.82) is 0 Å². The molecule has 1 aromatic heterocycles. The number of nitrogens with zero attached hydrogens (tertiary/aromatic N) is 3. The molecule has 5 heteroatoms. The van der Waals surface area contributed by atoms with Crippen LogP contribution in [0.4, 0.5) is 11.4 Å². The van der Waals surface area contributed by atoms with Gasteiger partial charge in [-0.1, -0.05) is 30.3 Å². The molecule has 0 N–H and O–H groups in total. The molecule has 0 aliphatic carbocycles. The zero-order valence-electron chi connectivity index (χ0n) is 19.2. The molecule has 4 aliphatic rings. The Morgan fingerprint density at radius 2 is 1.74 bits per heavy atom. The average Bonchev–Trinajstić information content (AvgIpc) is 3.47. The van der Waals surface area contributed by atoms with Crippen molar-refractivity contribution in [2.45, 2.75) is 55.5 Å². The molecule has 4 nitrogen and oxygen atoms in total. The first-order valence-electron chi connectivity index (χ1n) is 12.5. The Hall–Kier alpha value is -2.76. The van der Waals surface area contributed by atoms with Gasteiger partial charge in [0, 0.05) is 47.9 Å². The highest BCUT2D eigenvalue weighted by atomic mass is 32.2. The minimum atomic E-state index is 0.496. The lowest BCUT2D eigenvalue weighted by molar-refractivity contribution is 0.128. The molecule has 2 bridgehead atoms.